The van der Waals surface area contributed by atoms with Gasteiger partial charge in [0.2, 0.25) is 0 Å². The van der Waals surface area contributed by atoms with E-state index >= 15 is 0 Å². The van der Waals surface area contributed by atoms with E-state index in [4.69, 9.17) is 0 Å². The lowest BCUT2D eigenvalue weighted by Gasteiger charge is -2.20. The minimum absolute atomic E-state index is 0.255. The van der Waals surface area contributed by atoms with E-state index in [1.807, 2.05) is 20.8 Å². The molecule has 0 amide bonds. The maximum atomic E-state index is 11.3. The summed E-state index contributed by atoms with van der Waals surface area (Å²) >= 11 is 0. The molecule has 0 aliphatic heterocycles. The number of hydrogen-bond acceptors (Lipinski definition) is 1. The Bertz CT molecular complexity index is 191. The van der Waals surface area contributed by atoms with Crippen molar-refractivity contribution in [3.05, 3.63) is 12.0 Å². The molecule has 0 aromatic heterocycles. The summed E-state index contributed by atoms with van der Waals surface area (Å²) in [6.07, 6.45) is 0. The maximum absolute atomic E-state index is 11.3. The van der Waals surface area contributed by atoms with Crippen LogP contribution in [0.4, 0.5) is 0 Å². The fraction of sp³-hybridized carbons (Fsp3) is 0.571. The molecular weight excluding hydrogens is 132 g/mol. The highest BCUT2D eigenvalue weighted by molar-refractivity contribution is 8.04. The van der Waals surface area contributed by atoms with Gasteiger partial charge >= 0.3 is 0 Å². The van der Waals surface area contributed by atoms with Crippen LogP contribution >= 0.6 is 0 Å². The first-order valence-corrected chi connectivity index (χ1v) is 4.59. The van der Waals surface area contributed by atoms with Gasteiger partial charge in [-0.05, 0) is 41.6 Å². The van der Waals surface area contributed by atoms with Crippen LogP contribution in [-0.2, 0) is 9.52 Å². The molecule has 54 valence electrons. The molecule has 0 aromatic carbocycles. The van der Waals surface area contributed by atoms with Crippen LogP contribution < -0.4 is 0 Å². The summed E-state index contributed by atoms with van der Waals surface area (Å²) in [5, 5.41) is 1.44. The predicted octanol–water partition coefficient (Wildman–Crippen LogP) is 1.64. The van der Waals surface area contributed by atoms with E-state index in [2.05, 4.69) is 12.4 Å². The second-order valence-corrected chi connectivity index (χ2v) is 6.02. The van der Waals surface area contributed by atoms with Crippen LogP contribution in [0.15, 0.2) is 12.0 Å². The lowest BCUT2D eigenvalue weighted by molar-refractivity contribution is 0.653. The summed E-state index contributed by atoms with van der Waals surface area (Å²) in [6.45, 7) is 9.14. The lowest BCUT2D eigenvalue weighted by atomic mass is 10.3. The third-order valence-electron chi connectivity index (χ3n) is 1.31. The summed E-state index contributed by atoms with van der Waals surface area (Å²) in [5.41, 5.74) is 0. The molecule has 0 N–H and O–H groups in total. The first-order valence-electron chi connectivity index (χ1n) is 2.80. The number of hydrogen-bond donors (Lipinski definition) is 0. The molecule has 0 saturated heterocycles. The van der Waals surface area contributed by atoms with Crippen LogP contribution in [-0.4, -0.2) is 14.8 Å². The van der Waals surface area contributed by atoms with Gasteiger partial charge < -0.3 is 0 Å². The van der Waals surface area contributed by atoms with Crippen molar-refractivity contribution in [3.63, 3.8) is 0 Å². The highest BCUT2D eigenvalue weighted by Gasteiger charge is 2.18. The normalized spacial score (nSPS) is 18.6. The molecule has 2 heteroatoms. The Hall–Kier alpha value is -0.240. The second kappa shape index (κ2) is 2.18. The molecule has 0 heterocycles. The molecular formula is C7H14OS. The largest absolute Gasteiger partial charge is 0.263 e. The smallest absolute Gasteiger partial charge is 0.0336 e. The van der Waals surface area contributed by atoms with Crippen molar-refractivity contribution in [1.29, 1.82) is 0 Å². The van der Waals surface area contributed by atoms with Crippen molar-refractivity contribution in [2.24, 2.45) is 0 Å². The lowest BCUT2D eigenvalue weighted by Crippen LogP contribution is -2.24. The van der Waals surface area contributed by atoms with Gasteiger partial charge in [-0.25, -0.2) is 0 Å². The minimum Gasteiger partial charge on any atom is -0.263 e. The molecule has 0 rings (SSSR count). The molecule has 1 atom stereocenters. The van der Waals surface area contributed by atoms with Gasteiger partial charge in [-0.1, -0.05) is 6.58 Å². The van der Waals surface area contributed by atoms with Gasteiger partial charge in [-0.15, -0.1) is 0 Å². The van der Waals surface area contributed by atoms with E-state index in [9.17, 15) is 4.21 Å². The Labute approximate surface area is 57.8 Å². The third kappa shape index (κ3) is 1.86. The van der Waals surface area contributed by atoms with Crippen molar-refractivity contribution in [2.45, 2.75) is 25.5 Å². The quantitative estimate of drug-likeness (QED) is 0.514. The Morgan fingerprint density at radius 1 is 1.44 bits per heavy atom. The fourth-order valence-corrected chi connectivity index (χ4v) is 0.750. The summed E-state index contributed by atoms with van der Waals surface area (Å²) in [7, 11) is -2.07. The highest BCUT2D eigenvalue weighted by atomic mass is 32.2. The second-order valence-electron chi connectivity index (χ2n) is 3.01. The van der Waals surface area contributed by atoms with Gasteiger partial charge in [0.1, 0.15) is 0 Å². The van der Waals surface area contributed by atoms with Crippen LogP contribution in [0.5, 0.6) is 0 Å². The molecule has 0 aliphatic carbocycles. The van der Waals surface area contributed by atoms with Gasteiger partial charge in [-0.2, -0.15) is 0 Å². The average molecular weight is 146 g/mol. The van der Waals surface area contributed by atoms with Crippen LogP contribution in [0, 0.1) is 0 Å². The Kier molecular flexibility index (Phi) is 2.12. The molecule has 1 unspecified atom stereocenters. The summed E-state index contributed by atoms with van der Waals surface area (Å²) < 4.78 is 11.1. The molecule has 0 radical (unpaired) electrons. The monoisotopic (exact) mass is 146 g/mol. The van der Waals surface area contributed by atoms with E-state index in [1.165, 1.54) is 5.41 Å². The van der Waals surface area contributed by atoms with Gasteiger partial charge in [0.25, 0.3) is 0 Å². The van der Waals surface area contributed by atoms with E-state index in [0.29, 0.717) is 0 Å². The first-order chi connectivity index (χ1) is 3.81. The van der Waals surface area contributed by atoms with E-state index in [1.54, 1.807) is 0 Å². The zero-order chi connectivity index (χ0) is 7.71. The summed E-state index contributed by atoms with van der Waals surface area (Å²) in [6, 6.07) is 0. The van der Waals surface area contributed by atoms with E-state index in [0.717, 1.165) is 0 Å². The van der Waals surface area contributed by atoms with E-state index in [-0.39, 0.29) is 4.75 Å². The molecule has 0 spiro atoms. The zero-order valence-corrected chi connectivity index (χ0v) is 7.12. The molecule has 0 fully saturated rings. The van der Waals surface area contributed by atoms with Crippen molar-refractivity contribution in [3.8, 4) is 0 Å². The van der Waals surface area contributed by atoms with E-state index < -0.39 is 9.52 Å². The Morgan fingerprint density at radius 3 is 1.78 bits per heavy atom. The SMILES string of the molecule is C=CS(=C)(=O)C(C)(C)C. The van der Waals surface area contributed by atoms with Crippen molar-refractivity contribution >= 4 is 15.4 Å². The first kappa shape index (κ1) is 8.76. The standard InChI is InChI=1S/C7H14OS/c1-6-9(5,8)7(2,3)4/h6H,1,5H2,2-4H3. The van der Waals surface area contributed by atoms with Crippen LogP contribution in [0.2, 0.25) is 0 Å². The molecule has 0 saturated carbocycles. The zero-order valence-electron chi connectivity index (χ0n) is 6.31. The Balaban J connectivity index is 4.79. The fourth-order valence-electron chi connectivity index (χ4n) is 0.250. The Morgan fingerprint density at radius 2 is 1.78 bits per heavy atom. The van der Waals surface area contributed by atoms with Crippen molar-refractivity contribution in [1.82, 2.24) is 0 Å². The minimum atomic E-state index is -2.07. The average Bonchev–Trinajstić information content (AvgIpc) is 1.64. The predicted molar refractivity (Wildman–Crippen MR) is 45.2 cm³/mol. The number of rotatable bonds is 1. The molecule has 0 aromatic rings. The van der Waals surface area contributed by atoms with Gasteiger partial charge in [0, 0.05) is 4.75 Å². The molecule has 1 nitrogen and oxygen atoms in total. The summed E-state index contributed by atoms with van der Waals surface area (Å²) in [4.78, 5) is 0. The maximum Gasteiger partial charge on any atom is 0.0336 e. The summed E-state index contributed by atoms with van der Waals surface area (Å²) in [5.74, 6) is 3.57. The van der Waals surface area contributed by atoms with Crippen LogP contribution in [0.25, 0.3) is 0 Å². The molecule has 0 aliphatic rings. The topological polar surface area (TPSA) is 17.1 Å². The van der Waals surface area contributed by atoms with Crippen molar-refractivity contribution in [2.75, 3.05) is 0 Å². The van der Waals surface area contributed by atoms with Crippen molar-refractivity contribution < 1.29 is 4.21 Å². The van der Waals surface area contributed by atoms with Gasteiger partial charge in [-0.3, -0.25) is 4.21 Å². The molecule has 9 heavy (non-hydrogen) atoms. The highest BCUT2D eigenvalue weighted by Crippen LogP contribution is 2.15. The van der Waals surface area contributed by atoms with Crippen LogP contribution in [0.1, 0.15) is 20.8 Å². The van der Waals surface area contributed by atoms with Gasteiger partial charge in [0.15, 0.2) is 0 Å². The van der Waals surface area contributed by atoms with Crippen LogP contribution in [0.3, 0.4) is 0 Å². The third-order valence-corrected chi connectivity index (χ3v) is 3.92. The van der Waals surface area contributed by atoms with Gasteiger partial charge in [0.05, 0.1) is 0 Å². The molecule has 0 bridgehead atoms.